The molecule has 262 valence electrons. The van der Waals surface area contributed by atoms with Crippen molar-refractivity contribution in [3.05, 3.63) is 42.0 Å². The molecular formula is C36H60N2O7S. The number of aliphatic carboxylic acids is 1. The standard InChI is InChI=1S/C36H60N2O7S/c1-5-7-9-13-16-26-46-27-17-14-11-10-12-15-18-31(36(43,35(41)42)23-25-44-4)33(39)38-32(34(40)37-3)28-29-19-21-30(22-20-29)45-24-8-6-2/h15,18-22,31-32,43H,5-14,16-17,23-28H2,1-4H3,(H,37,40)(H,38,39)(H,41,42)/b18-15+/t31-,32+,36+/m1/s1. The first-order valence-corrected chi connectivity index (χ1v) is 18.3. The number of carboxylic acids is 1. The number of hydrogen-bond acceptors (Lipinski definition) is 7. The molecular weight excluding hydrogens is 604 g/mol. The Labute approximate surface area is 281 Å². The average molecular weight is 665 g/mol. The van der Waals surface area contributed by atoms with Crippen LogP contribution in [0.3, 0.4) is 0 Å². The Bertz CT molecular complexity index is 1000. The van der Waals surface area contributed by atoms with Crippen LogP contribution in [0.15, 0.2) is 36.4 Å². The van der Waals surface area contributed by atoms with Crippen molar-refractivity contribution in [3.8, 4) is 5.75 Å². The quantitative estimate of drug-likeness (QED) is 0.0605. The van der Waals surface area contributed by atoms with Crippen molar-refractivity contribution in [1.82, 2.24) is 10.6 Å². The highest BCUT2D eigenvalue weighted by atomic mass is 32.2. The topological polar surface area (TPSA) is 134 Å². The number of carbonyl (C=O) groups is 3. The number of nitrogens with one attached hydrogen (secondary N) is 2. The number of carboxylic acid groups (broad SMARTS) is 1. The predicted octanol–water partition coefficient (Wildman–Crippen LogP) is 6.32. The fourth-order valence-electron chi connectivity index (χ4n) is 5.02. The highest BCUT2D eigenvalue weighted by Crippen LogP contribution is 2.26. The van der Waals surface area contributed by atoms with Gasteiger partial charge in [0.2, 0.25) is 11.8 Å². The van der Waals surface area contributed by atoms with E-state index in [1.807, 2.05) is 36.0 Å². The monoisotopic (exact) mass is 664 g/mol. The number of methoxy groups -OCH3 is 1. The molecule has 2 amide bonds. The molecule has 0 spiro atoms. The minimum Gasteiger partial charge on any atom is -0.494 e. The number of unbranched alkanes of at least 4 members (excludes halogenated alkanes) is 9. The van der Waals surface area contributed by atoms with E-state index in [0.717, 1.165) is 43.4 Å². The number of ether oxygens (including phenoxy) is 2. The van der Waals surface area contributed by atoms with Gasteiger partial charge < -0.3 is 30.3 Å². The minimum atomic E-state index is -2.41. The summed E-state index contributed by atoms with van der Waals surface area (Å²) in [5.74, 6) is -0.989. The molecule has 3 atom stereocenters. The molecule has 4 N–H and O–H groups in total. The van der Waals surface area contributed by atoms with Gasteiger partial charge in [-0.15, -0.1) is 0 Å². The molecule has 1 rings (SSSR count). The summed E-state index contributed by atoms with van der Waals surface area (Å²) in [4.78, 5) is 38.7. The SMILES string of the molecule is CCCCCCCSCCCCCC/C=C/[C@H](C(=O)N[C@@H](Cc1ccc(OCCCC)cc1)C(=O)NC)[C@@](O)(CCOC)C(=O)O. The molecule has 0 fully saturated rings. The number of allylic oxidation sites excluding steroid dienone is 1. The van der Waals surface area contributed by atoms with Crippen molar-refractivity contribution in [2.75, 3.05) is 38.9 Å². The van der Waals surface area contributed by atoms with Gasteiger partial charge in [0.05, 0.1) is 12.5 Å². The normalized spacial score (nSPS) is 14.0. The van der Waals surface area contributed by atoms with Crippen molar-refractivity contribution in [2.24, 2.45) is 5.92 Å². The average Bonchev–Trinajstić information content (AvgIpc) is 3.05. The van der Waals surface area contributed by atoms with Gasteiger partial charge in [-0.05, 0) is 61.3 Å². The molecule has 0 aliphatic heterocycles. The van der Waals surface area contributed by atoms with E-state index in [9.17, 15) is 24.6 Å². The van der Waals surface area contributed by atoms with Crippen LogP contribution < -0.4 is 15.4 Å². The van der Waals surface area contributed by atoms with Crippen molar-refractivity contribution >= 4 is 29.5 Å². The van der Waals surface area contributed by atoms with Crippen LogP contribution in [0.5, 0.6) is 5.75 Å². The third-order valence-electron chi connectivity index (χ3n) is 7.99. The fraction of sp³-hybridized carbons (Fsp3) is 0.694. The molecule has 0 aliphatic rings. The molecule has 0 saturated carbocycles. The van der Waals surface area contributed by atoms with Gasteiger partial charge in [0.25, 0.3) is 0 Å². The number of benzene rings is 1. The molecule has 10 heteroatoms. The maximum atomic E-state index is 13.6. The van der Waals surface area contributed by atoms with E-state index in [1.54, 1.807) is 6.08 Å². The van der Waals surface area contributed by atoms with Crippen LogP contribution in [0.4, 0.5) is 0 Å². The molecule has 0 aromatic heterocycles. The molecule has 9 nitrogen and oxygen atoms in total. The zero-order valence-electron chi connectivity index (χ0n) is 28.7. The van der Waals surface area contributed by atoms with Gasteiger partial charge in [0, 0.05) is 33.6 Å². The Kier molecular flexibility index (Phi) is 23.0. The third-order valence-corrected chi connectivity index (χ3v) is 9.15. The van der Waals surface area contributed by atoms with Crippen LogP contribution in [0.1, 0.15) is 103 Å². The van der Waals surface area contributed by atoms with Crippen LogP contribution in [0.2, 0.25) is 0 Å². The summed E-state index contributed by atoms with van der Waals surface area (Å²) in [5.41, 5.74) is -1.61. The number of thioether (sulfide) groups is 1. The van der Waals surface area contributed by atoms with Gasteiger partial charge in [0.15, 0.2) is 5.60 Å². The lowest BCUT2D eigenvalue weighted by Crippen LogP contribution is -2.56. The van der Waals surface area contributed by atoms with Gasteiger partial charge >= 0.3 is 5.97 Å². The molecule has 0 bridgehead atoms. The van der Waals surface area contributed by atoms with E-state index in [4.69, 9.17) is 9.47 Å². The number of aliphatic hydroxyl groups is 1. The summed E-state index contributed by atoms with van der Waals surface area (Å²) in [6.07, 6.45) is 16.5. The van der Waals surface area contributed by atoms with Crippen molar-refractivity contribution in [1.29, 1.82) is 0 Å². The summed E-state index contributed by atoms with van der Waals surface area (Å²) in [5, 5.41) is 26.6. The summed E-state index contributed by atoms with van der Waals surface area (Å²) in [6.45, 7) is 4.89. The Morgan fingerprint density at radius 1 is 0.891 bits per heavy atom. The van der Waals surface area contributed by atoms with Gasteiger partial charge in [-0.1, -0.05) is 83.1 Å². The molecule has 0 heterocycles. The highest BCUT2D eigenvalue weighted by molar-refractivity contribution is 7.99. The van der Waals surface area contributed by atoms with E-state index in [2.05, 4.69) is 24.5 Å². The van der Waals surface area contributed by atoms with E-state index < -0.39 is 35.3 Å². The molecule has 46 heavy (non-hydrogen) atoms. The first-order chi connectivity index (χ1) is 22.2. The second-order valence-electron chi connectivity index (χ2n) is 11.8. The highest BCUT2D eigenvalue weighted by Gasteiger charge is 2.47. The summed E-state index contributed by atoms with van der Waals surface area (Å²) >= 11 is 2.03. The number of hydrogen-bond donors (Lipinski definition) is 4. The maximum Gasteiger partial charge on any atom is 0.336 e. The molecule has 0 aliphatic carbocycles. The van der Waals surface area contributed by atoms with Gasteiger partial charge in [-0.3, -0.25) is 9.59 Å². The largest absolute Gasteiger partial charge is 0.494 e. The number of amides is 2. The maximum absolute atomic E-state index is 13.6. The van der Waals surface area contributed by atoms with E-state index in [1.165, 1.54) is 70.3 Å². The van der Waals surface area contributed by atoms with Crippen LogP contribution >= 0.6 is 11.8 Å². The molecule has 0 unspecified atom stereocenters. The van der Waals surface area contributed by atoms with Crippen molar-refractivity contribution in [3.63, 3.8) is 0 Å². The lowest BCUT2D eigenvalue weighted by Gasteiger charge is -2.31. The number of carbonyl (C=O) groups excluding carboxylic acids is 2. The van der Waals surface area contributed by atoms with Crippen LogP contribution in [-0.4, -0.2) is 78.5 Å². The Hall–Kier alpha value is -2.56. The smallest absolute Gasteiger partial charge is 0.336 e. The first-order valence-electron chi connectivity index (χ1n) is 17.2. The minimum absolute atomic E-state index is 0.0529. The summed E-state index contributed by atoms with van der Waals surface area (Å²) < 4.78 is 10.8. The van der Waals surface area contributed by atoms with Gasteiger partial charge in [-0.25, -0.2) is 4.79 Å². The molecule has 1 aromatic carbocycles. The summed E-state index contributed by atoms with van der Waals surface area (Å²) in [6, 6.07) is 6.33. The Morgan fingerprint density at radius 3 is 2.11 bits per heavy atom. The van der Waals surface area contributed by atoms with Crippen LogP contribution in [0, 0.1) is 5.92 Å². The lowest BCUT2D eigenvalue weighted by atomic mass is 9.83. The lowest BCUT2D eigenvalue weighted by molar-refractivity contribution is -0.168. The zero-order valence-corrected chi connectivity index (χ0v) is 29.5. The van der Waals surface area contributed by atoms with Crippen LogP contribution in [0.25, 0.3) is 0 Å². The second-order valence-corrected chi connectivity index (χ2v) is 13.1. The predicted molar refractivity (Wildman–Crippen MR) is 187 cm³/mol. The second kappa shape index (κ2) is 25.5. The van der Waals surface area contributed by atoms with E-state index in [0.29, 0.717) is 13.0 Å². The number of likely N-dealkylation sites (N-methyl/N-ethyl adjacent to an activating group) is 1. The van der Waals surface area contributed by atoms with E-state index >= 15 is 0 Å². The number of rotatable bonds is 28. The third kappa shape index (κ3) is 16.8. The fourth-order valence-corrected chi connectivity index (χ4v) is 6.04. The summed E-state index contributed by atoms with van der Waals surface area (Å²) in [7, 11) is 2.88. The zero-order chi connectivity index (χ0) is 34.0. The van der Waals surface area contributed by atoms with Gasteiger partial charge in [0.1, 0.15) is 11.8 Å². The molecule has 0 radical (unpaired) electrons. The van der Waals surface area contributed by atoms with Crippen molar-refractivity contribution < 1.29 is 34.1 Å². The van der Waals surface area contributed by atoms with E-state index in [-0.39, 0.29) is 19.4 Å². The molecule has 0 saturated heterocycles. The first kappa shape index (κ1) is 41.5. The van der Waals surface area contributed by atoms with Gasteiger partial charge in [-0.2, -0.15) is 11.8 Å². The van der Waals surface area contributed by atoms with Crippen LogP contribution in [-0.2, 0) is 25.5 Å². The Morgan fingerprint density at radius 2 is 1.52 bits per heavy atom. The molecule has 1 aromatic rings. The van der Waals surface area contributed by atoms with Crippen molar-refractivity contribution in [2.45, 2.75) is 115 Å². The Balaban J connectivity index is 2.82.